The fourth-order valence-electron chi connectivity index (χ4n) is 2.87. The Balaban J connectivity index is 2.15. The van der Waals surface area contributed by atoms with E-state index in [1.165, 1.54) is 0 Å². The minimum atomic E-state index is -3.55. The molecule has 2 aromatic carbocycles. The molecule has 1 aromatic heterocycles. The molecule has 3 rings (SSSR count). The van der Waals surface area contributed by atoms with Gasteiger partial charge in [-0.3, -0.25) is 0 Å². The lowest BCUT2D eigenvalue weighted by molar-refractivity contribution is 0.568. The Morgan fingerprint density at radius 2 is 1.79 bits per heavy atom. The predicted molar refractivity (Wildman–Crippen MR) is 98.0 cm³/mol. The Bertz CT molecular complexity index is 967. The van der Waals surface area contributed by atoms with Crippen LogP contribution in [0.4, 0.5) is 0 Å². The molecule has 0 bridgehead atoms. The molecule has 0 radical (unpaired) electrons. The first-order valence-electron chi connectivity index (χ1n) is 8.05. The molecule has 0 aliphatic heterocycles. The second kappa shape index (κ2) is 6.65. The number of aryl methyl sites for hydroxylation is 2. The number of allylic oxidation sites excluding steroid dienone is 1. The third-order valence-electron chi connectivity index (χ3n) is 4.17. The fraction of sp³-hybridized carbons (Fsp3) is 0.200. The van der Waals surface area contributed by atoms with Crippen molar-refractivity contribution in [2.75, 3.05) is 0 Å². The number of unbranched alkanes of at least 4 members (excludes halogenated alkanes) is 1. The van der Waals surface area contributed by atoms with Crippen molar-refractivity contribution in [2.45, 2.75) is 36.2 Å². The molecule has 0 aliphatic carbocycles. The van der Waals surface area contributed by atoms with Crippen molar-refractivity contribution in [3.05, 3.63) is 72.8 Å². The number of sulfone groups is 1. The maximum atomic E-state index is 13.1. The zero-order chi connectivity index (χ0) is 17.2. The van der Waals surface area contributed by atoms with E-state index in [4.69, 9.17) is 0 Å². The second-order valence-corrected chi connectivity index (χ2v) is 7.84. The van der Waals surface area contributed by atoms with Crippen LogP contribution in [0.3, 0.4) is 0 Å². The van der Waals surface area contributed by atoms with Gasteiger partial charge in [-0.1, -0.05) is 42.0 Å². The van der Waals surface area contributed by atoms with Crippen molar-refractivity contribution in [3.63, 3.8) is 0 Å². The number of nitrogens with zero attached hydrogens (tertiary/aromatic N) is 1. The van der Waals surface area contributed by atoms with Crippen LogP contribution in [0.5, 0.6) is 0 Å². The van der Waals surface area contributed by atoms with E-state index in [2.05, 4.69) is 6.58 Å². The van der Waals surface area contributed by atoms with E-state index in [1.807, 2.05) is 54.0 Å². The second-order valence-electron chi connectivity index (χ2n) is 5.94. The van der Waals surface area contributed by atoms with Crippen LogP contribution in [0.15, 0.2) is 77.2 Å². The lowest BCUT2D eigenvalue weighted by Gasteiger charge is -2.11. The third kappa shape index (κ3) is 3.02. The van der Waals surface area contributed by atoms with E-state index in [1.54, 1.807) is 18.2 Å². The van der Waals surface area contributed by atoms with Crippen LogP contribution in [0.2, 0.25) is 0 Å². The molecule has 3 nitrogen and oxygen atoms in total. The van der Waals surface area contributed by atoms with Crippen LogP contribution in [0.1, 0.15) is 18.4 Å². The molecule has 0 unspecified atom stereocenters. The molecule has 0 atom stereocenters. The van der Waals surface area contributed by atoms with Crippen molar-refractivity contribution in [1.82, 2.24) is 4.57 Å². The molecule has 24 heavy (non-hydrogen) atoms. The van der Waals surface area contributed by atoms with Crippen molar-refractivity contribution in [1.29, 1.82) is 0 Å². The van der Waals surface area contributed by atoms with Crippen LogP contribution in [-0.4, -0.2) is 13.0 Å². The highest BCUT2D eigenvalue weighted by Gasteiger charge is 2.23. The Morgan fingerprint density at radius 3 is 2.50 bits per heavy atom. The zero-order valence-electron chi connectivity index (χ0n) is 13.8. The average Bonchev–Trinajstić information content (AvgIpc) is 2.95. The van der Waals surface area contributed by atoms with E-state index < -0.39 is 9.84 Å². The quantitative estimate of drug-likeness (QED) is 0.480. The summed E-state index contributed by atoms with van der Waals surface area (Å²) in [6.45, 7) is 6.34. The Morgan fingerprint density at radius 1 is 1.08 bits per heavy atom. The molecule has 0 saturated heterocycles. The largest absolute Gasteiger partial charge is 0.331 e. The van der Waals surface area contributed by atoms with Crippen LogP contribution < -0.4 is 0 Å². The van der Waals surface area contributed by atoms with Gasteiger partial charge in [0.1, 0.15) is 5.03 Å². The maximum Gasteiger partial charge on any atom is 0.222 e. The summed E-state index contributed by atoms with van der Waals surface area (Å²) in [5, 5.41) is 1.30. The normalized spacial score (nSPS) is 11.7. The van der Waals surface area contributed by atoms with Crippen molar-refractivity contribution < 1.29 is 8.42 Å². The molecule has 1 heterocycles. The van der Waals surface area contributed by atoms with Gasteiger partial charge in [0.15, 0.2) is 0 Å². The first-order chi connectivity index (χ1) is 11.5. The Labute approximate surface area is 143 Å². The molecule has 124 valence electrons. The molecule has 0 N–H and O–H groups in total. The minimum absolute atomic E-state index is 0.334. The van der Waals surface area contributed by atoms with Gasteiger partial charge in [0, 0.05) is 17.4 Å². The van der Waals surface area contributed by atoms with E-state index in [9.17, 15) is 8.42 Å². The highest BCUT2D eigenvalue weighted by Crippen LogP contribution is 2.28. The summed E-state index contributed by atoms with van der Waals surface area (Å²) in [6.07, 6.45) is 3.58. The van der Waals surface area contributed by atoms with Gasteiger partial charge >= 0.3 is 0 Å². The summed E-state index contributed by atoms with van der Waals surface area (Å²) in [5.41, 5.74) is 1.99. The minimum Gasteiger partial charge on any atom is -0.331 e. The van der Waals surface area contributed by atoms with Gasteiger partial charge in [0.05, 0.1) is 4.90 Å². The van der Waals surface area contributed by atoms with Gasteiger partial charge in [-0.05, 0) is 44.0 Å². The Kier molecular flexibility index (Phi) is 4.58. The summed E-state index contributed by atoms with van der Waals surface area (Å²) in [5.74, 6) is 0. The van der Waals surface area contributed by atoms with Crippen LogP contribution in [0.25, 0.3) is 10.9 Å². The zero-order valence-corrected chi connectivity index (χ0v) is 14.6. The monoisotopic (exact) mass is 339 g/mol. The van der Waals surface area contributed by atoms with Gasteiger partial charge in [-0.2, -0.15) is 0 Å². The summed E-state index contributed by atoms with van der Waals surface area (Å²) in [6, 6.07) is 16.6. The fourth-order valence-corrected chi connectivity index (χ4v) is 4.37. The van der Waals surface area contributed by atoms with E-state index in [-0.39, 0.29) is 0 Å². The van der Waals surface area contributed by atoms with Crippen molar-refractivity contribution in [3.8, 4) is 0 Å². The number of hydrogen-bond donors (Lipinski definition) is 0. The predicted octanol–water partition coefficient (Wildman–Crippen LogP) is 4.75. The van der Waals surface area contributed by atoms with Crippen LogP contribution in [0, 0.1) is 6.92 Å². The average molecular weight is 339 g/mol. The molecule has 0 spiro atoms. The molecular weight excluding hydrogens is 318 g/mol. The standard InChI is InChI=1S/C20H21NO2S/c1-3-4-7-14-21-19-9-6-5-8-17(19)15-20(21)24(22,23)18-12-10-16(2)11-13-18/h3,5-6,8-13,15H,1,4,7,14H2,2H3. The van der Waals surface area contributed by atoms with Gasteiger partial charge in [0.2, 0.25) is 9.84 Å². The summed E-state index contributed by atoms with van der Waals surface area (Å²) >= 11 is 0. The molecule has 0 amide bonds. The van der Waals surface area contributed by atoms with Gasteiger partial charge in [-0.25, -0.2) is 8.42 Å². The van der Waals surface area contributed by atoms with E-state index in [0.29, 0.717) is 16.5 Å². The van der Waals surface area contributed by atoms with Gasteiger partial charge in [0.25, 0.3) is 0 Å². The number of hydrogen-bond acceptors (Lipinski definition) is 2. The molecule has 0 fully saturated rings. The SMILES string of the molecule is C=CCCCn1c(S(=O)(=O)c2ccc(C)cc2)cc2ccccc21. The highest BCUT2D eigenvalue weighted by molar-refractivity contribution is 7.91. The van der Waals surface area contributed by atoms with Crippen LogP contribution >= 0.6 is 0 Å². The summed E-state index contributed by atoms with van der Waals surface area (Å²) in [7, 11) is -3.55. The summed E-state index contributed by atoms with van der Waals surface area (Å²) < 4.78 is 28.2. The van der Waals surface area contributed by atoms with Crippen molar-refractivity contribution in [2.24, 2.45) is 0 Å². The molecule has 0 aliphatic rings. The molecule has 4 heteroatoms. The smallest absolute Gasteiger partial charge is 0.222 e. The topological polar surface area (TPSA) is 39.1 Å². The van der Waals surface area contributed by atoms with Crippen LogP contribution in [-0.2, 0) is 16.4 Å². The van der Waals surface area contributed by atoms with Gasteiger partial charge < -0.3 is 4.57 Å². The first-order valence-corrected chi connectivity index (χ1v) is 9.53. The molecule has 3 aromatic rings. The van der Waals surface area contributed by atoms with E-state index >= 15 is 0 Å². The van der Waals surface area contributed by atoms with Crippen molar-refractivity contribution >= 4 is 20.7 Å². The summed E-state index contributed by atoms with van der Waals surface area (Å²) in [4.78, 5) is 0.334. The molecule has 0 saturated carbocycles. The lowest BCUT2D eigenvalue weighted by atomic mass is 10.2. The number of para-hydroxylation sites is 1. The first kappa shape index (κ1) is 16.5. The molecular formula is C20H21NO2S. The maximum absolute atomic E-state index is 13.1. The number of fused-ring (bicyclic) bond motifs is 1. The number of aromatic nitrogens is 1. The number of rotatable bonds is 6. The Hall–Kier alpha value is -2.33. The van der Waals surface area contributed by atoms with E-state index in [0.717, 1.165) is 29.3 Å². The third-order valence-corrected chi connectivity index (χ3v) is 5.95. The highest BCUT2D eigenvalue weighted by atomic mass is 32.2. The van der Waals surface area contributed by atoms with Gasteiger partial charge in [-0.15, -0.1) is 6.58 Å². The number of benzene rings is 2. The lowest BCUT2D eigenvalue weighted by Crippen LogP contribution is -2.10.